The van der Waals surface area contributed by atoms with E-state index in [1.54, 1.807) is 24.3 Å². The number of para-hydroxylation sites is 1. The van der Waals surface area contributed by atoms with E-state index < -0.39 is 0 Å². The van der Waals surface area contributed by atoms with Crippen molar-refractivity contribution in [1.82, 2.24) is 15.0 Å². The molecular weight excluding hydrogens is 346 g/mol. The highest BCUT2D eigenvalue weighted by molar-refractivity contribution is 7.98. The Morgan fingerprint density at radius 1 is 1.15 bits per heavy atom. The molecular formula is C19H19N5OS. The highest BCUT2D eigenvalue weighted by atomic mass is 32.2. The first-order valence-corrected chi connectivity index (χ1v) is 9.29. The Labute approximate surface area is 156 Å². The van der Waals surface area contributed by atoms with Crippen molar-refractivity contribution in [1.29, 1.82) is 0 Å². The lowest BCUT2D eigenvalue weighted by Crippen LogP contribution is -2.32. The number of aromatic nitrogens is 3. The van der Waals surface area contributed by atoms with Crippen LogP contribution >= 0.6 is 11.8 Å². The summed E-state index contributed by atoms with van der Waals surface area (Å²) in [5.41, 5.74) is 1.68. The van der Waals surface area contributed by atoms with Gasteiger partial charge < -0.3 is 10.2 Å². The van der Waals surface area contributed by atoms with Gasteiger partial charge in [0.15, 0.2) is 5.82 Å². The Balaban J connectivity index is 1.74. The van der Waals surface area contributed by atoms with Crippen LogP contribution in [0.25, 0.3) is 11.4 Å². The van der Waals surface area contributed by atoms with E-state index in [2.05, 4.69) is 20.3 Å². The van der Waals surface area contributed by atoms with Crippen molar-refractivity contribution in [3.05, 3.63) is 60.9 Å². The second kappa shape index (κ2) is 8.44. The minimum atomic E-state index is -0.0524. The first kappa shape index (κ1) is 17.9. The number of nitrogens with one attached hydrogen (secondary N) is 1. The molecule has 0 saturated heterocycles. The van der Waals surface area contributed by atoms with Crippen LogP contribution in [0, 0.1) is 0 Å². The van der Waals surface area contributed by atoms with Crippen LogP contribution in [0.1, 0.15) is 0 Å². The van der Waals surface area contributed by atoms with E-state index in [9.17, 15) is 4.79 Å². The first-order valence-electron chi connectivity index (χ1n) is 8.06. The zero-order valence-corrected chi connectivity index (χ0v) is 15.4. The second-order valence-corrected chi connectivity index (χ2v) is 6.33. The predicted octanol–water partition coefficient (Wildman–Crippen LogP) is 3.34. The summed E-state index contributed by atoms with van der Waals surface area (Å²) < 4.78 is 0. The molecule has 2 aromatic heterocycles. The van der Waals surface area contributed by atoms with Gasteiger partial charge in [0.1, 0.15) is 10.8 Å². The molecule has 0 unspecified atom stereocenters. The average Bonchev–Trinajstić information content (AvgIpc) is 2.72. The van der Waals surface area contributed by atoms with E-state index in [-0.39, 0.29) is 12.5 Å². The Kier molecular flexibility index (Phi) is 5.80. The summed E-state index contributed by atoms with van der Waals surface area (Å²) in [7, 11) is 1.76. The van der Waals surface area contributed by atoms with Gasteiger partial charge in [-0.05, 0) is 30.5 Å². The van der Waals surface area contributed by atoms with Crippen molar-refractivity contribution >= 4 is 29.2 Å². The number of pyridine rings is 1. The van der Waals surface area contributed by atoms with Crippen LogP contribution < -0.4 is 10.2 Å². The quantitative estimate of drug-likeness (QED) is 0.534. The molecule has 1 amide bonds. The van der Waals surface area contributed by atoms with Gasteiger partial charge in [-0.3, -0.25) is 9.78 Å². The maximum atomic E-state index is 12.4. The minimum Gasteiger partial charge on any atom is -0.361 e. The van der Waals surface area contributed by atoms with Crippen molar-refractivity contribution < 1.29 is 4.79 Å². The highest BCUT2D eigenvalue weighted by Crippen LogP contribution is 2.21. The normalized spacial score (nSPS) is 10.4. The van der Waals surface area contributed by atoms with Gasteiger partial charge in [-0.2, -0.15) is 0 Å². The lowest BCUT2D eigenvalue weighted by molar-refractivity contribution is -0.116. The summed E-state index contributed by atoms with van der Waals surface area (Å²) >= 11 is 1.52. The van der Waals surface area contributed by atoms with Gasteiger partial charge in [0.2, 0.25) is 5.91 Å². The molecule has 0 atom stereocenters. The summed E-state index contributed by atoms with van der Waals surface area (Å²) in [4.78, 5) is 27.2. The Morgan fingerprint density at radius 3 is 2.65 bits per heavy atom. The molecule has 3 rings (SSSR count). The van der Waals surface area contributed by atoms with Crippen LogP contribution in [0.4, 0.5) is 11.5 Å². The zero-order chi connectivity index (χ0) is 18.4. The molecule has 0 spiro atoms. The van der Waals surface area contributed by atoms with Gasteiger partial charge in [-0.25, -0.2) is 9.97 Å². The number of nitrogens with zero attached hydrogens (tertiary/aromatic N) is 4. The lowest BCUT2D eigenvalue weighted by atomic mass is 10.2. The van der Waals surface area contributed by atoms with Crippen molar-refractivity contribution in [2.75, 3.05) is 30.1 Å². The third-order valence-corrected chi connectivity index (χ3v) is 4.40. The molecule has 3 aromatic rings. The molecule has 6 nitrogen and oxygen atoms in total. The van der Waals surface area contributed by atoms with Crippen molar-refractivity contribution in [2.24, 2.45) is 0 Å². The molecule has 0 radical (unpaired) electrons. The molecule has 0 aliphatic rings. The topological polar surface area (TPSA) is 71.0 Å². The molecule has 7 heteroatoms. The Hall–Kier alpha value is -2.93. The van der Waals surface area contributed by atoms with E-state index >= 15 is 0 Å². The van der Waals surface area contributed by atoms with Gasteiger partial charge in [-0.1, -0.05) is 18.2 Å². The highest BCUT2D eigenvalue weighted by Gasteiger charge is 2.12. The van der Waals surface area contributed by atoms with E-state index in [1.165, 1.54) is 11.8 Å². The first-order chi connectivity index (χ1) is 12.7. The number of anilines is 2. The summed E-state index contributed by atoms with van der Waals surface area (Å²) in [5, 5.41) is 3.93. The molecule has 1 N–H and O–H groups in total. The maximum Gasteiger partial charge on any atom is 0.246 e. The monoisotopic (exact) mass is 365 g/mol. The van der Waals surface area contributed by atoms with Crippen LogP contribution in [0.3, 0.4) is 0 Å². The Bertz CT molecular complexity index is 874. The summed E-state index contributed by atoms with van der Waals surface area (Å²) in [6.07, 6.45) is 5.38. The van der Waals surface area contributed by atoms with Crippen molar-refractivity contribution in [3.8, 4) is 11.4 Å². The molecule has 0 aliphatic carbocycles. The van der Waals surface area contributed by atoms with E-state index in [0.29, 0.717) is 11.6 Å². The zero-order valence-electron chi connectivity index (χ0n) is 14.6. The van der Waals surface area contributed by atoms with Crippen LogP contribution in [-0.2, 0) is 4.79 Å². The number of likely N-dealkylation sites (N-methyl/N-ethyl adjacent to an activating group) is 1. The number of hydrogen-bond acceptors (Lipinski definition) is 6. The van der Waals surface area contributed by atoms with E-state index in [4.69, 9.17) is 0 Å². The van der Waals surface area contributed by atoms with E-state index in [0.717, 1.165) is 16.3 Å². The van der Waals surface area contributed by atoms with Gasteiger partial charge in [0.05, 0.1) is 6.54 Å². The van der Waals surface area contributed by atoms with E-state index in [1.807, 2.05) is 54.8 Å². The molecule has 0 fully saturated rings. The average molecular weight is 365 g/mol. The predicted molar refractivity (Wildman–Crippen MR) is 105 cm³/mol. The standard InChI is InChI=1S/C19H19N5OS/c1-24(15-8-4-3-5-9-15)18(25)13-21-16-11-17(26-2)23-19(22-16)14-7-6-10-20-12-14/h3-12H,13H2,1-2H3,(H,21,22,23). The second-order valence-electron chi connectivity index (χ2n) is 5.50. The van der Waals surface area contributed by atoms with Gasteiger partial charge in [-0.15, -0.1) is 11.8 Å². The number of carbonyl (C=O) groups excluding carboxylic acids is 1. The number of amides is 1. The Morgan fingerprint density at radius 2 is 1.96 bits per heavy atom. The summed E-state index contributed by atoms with van der Waals surface area (Å²) in [6.45, 7) is 0.142. The summed E-state index contributed by atoms with van der Waals surface area (Å²) in [5.74, 6) is 1.14. The molecule has 1 aromatic carbocycles. The van der Waals surface area contributed by atoms with Crippen molar-refractivity contribution in [3.63, 3.8) is 0 Å². The lowest BCUT2D eigenvalue weighted by Gasteiger charge is -2.18. The fraction of sp³-hybridized carbons (Fsp3) is 0.158. The van der Waals surface area contributed by atoms with Gasteiger partial charge in [0.25, 0.3) is 0 Å². The fourth-order valence-corrected chi connectivity index (χ4v) is 2.73. The number of hydrogen-bond donors (Lipinski definition) is 1. The number of carbonyl (C=O) groups is 1. The minimum absolute atomic E-state index is 0.0524. The molecule has 26 heavy (non-hydrogen) atoms. The van der Waals surface area contributed by atoms with Crippen LogP contribution in [0.2, 0.25) is 0 Å². The van der Waals surface area contributed by atoms with Gasteiger partial charge in [0, 0.05) is 36.8 Å². The maximum absolute atomic E-state index is 12.4. The van der Waals surface area contributed by atoms with Crippen LogP contribution in [0.15, 0.2) is 66.0 Å². The van der Waals surface area contributed by atoms with Crippen LogP contribution in [-0.4, -0.2) is 40.7 Å². The number of benzene rings is 1. The number of thioether (sulfide) groups is 1. The largest absolute Gasteiger partial charge is 0.361 e. The molecule has 0 bridgehead atoms. The van der Waals surface area contributed by atoms with Crippen LogP contribution in [0.5, 0.6) is 0 Å². The third kappa shape index (κ3) is 4.37. The molecule has 2 heterocycles. The third-order valence-electron chi connectivity index (χ3n) is 3.77. The molecule has 0 saturated carbocycles. The smallest absolute Gasteiger partial charge is 0.246 e. The fourth-order valence-electron chi connectivity index (χ4n) is 2.32. The number of rotatable bonds is 6. The summed E-state index contributed by atoms with van der Waals surface area (Å²) in [6, 6.07) is 15.1. The molecule has 0 aliphatic heterocycles. The SMILES string of the molecule is CSc1cc(NCC(=O)N(C)c2ccccc2)nc(-c2cccnc2)n1. The van der Waals surface area contributed by atoms with Crippen molar-refractivity contribution in [2.45, 2.75) is 5.03 Å². The van der Waals surface area contributed by atoms with Gasteiger partial charge >= 0.3 is 0 Å². The molecule has 132 valence electrons.